The Balaban J connectivity index is 1.71. The van der Waals surface area contributed by atoms with Gasteiger partial charge >= 0.3 is 0 Å². The average molecular weight is 417 g/mol. The van der Waals surface area contributed by atoms with Crippen LogP contribution in [0.5, 0.6) is 0 Å². The van der Waals surface area contributed by atoms with E-state index >= 15 is 0 Å². The number of halogens is 1. The number of amides is 1. The molecule has 5 nitrogen and oxygen atoms in total. The number of hydrogen-bond acceptors (Lipinski definition) is 3. The molecule has 146 valence electrons. The van der Waals surface area contributed by atoms with Crippen LogP contribution in [0.15, 0.2) is 71.6 Å². The summed E-state index contributed by atoms with van der Waals surface area (Å²) in [4.78, 5) is 12.5. The maximum absolute atomic E-state index is 12.8. The summed E-state index contributed by atoms with van der Waals surface area (Å²) in [5.74, 6) is -0.390. The zero-order valence-corrected chi connectivity index (χ0v) is 17.2. The maximum atomic E-state index is 12.8. The van der Waals surface area contributed by atoms with Gasteiger partial charge in [0, 0.05) is 12.1 Å². The number of carbonyl (C=O) groups is 1. The van der Waals surface area contributed by atoms with Gasteiger partial charge in [0.25, 0.3) is 0 Å². The minimum absolute atomic E-state index is 0.157. The summed E-state index contributed by atoms with van der Waals surface area (Å²) in [5, 5.41) is 5.17. The number of likely N-dealkylation sites (N-methyl/N-ethyl adjacent to an activating group) is 1. The number of fused-ring (bicyclic) bond motifs is 1. The number of rotatable bonds is 6. The minimum atomic E-state index is -3.78. The summed E-state index contributed by atoms with van der Waals surface area (Å²) < 4.78 is 26.7. The quantitative estimate of drug-likeness (QED) is 0.660. The number of carbonyl (C=O) groups excluding carboxylic acids is 1. The predicted molar refractivity (Wildman–Crippen MR) is 112 cm³/mol. The van der Waals surface area contributed by atoms with Crippen molar-refractivity contribution in [1.29, 1.82) is 0 Å². The molecule has 7 heteroatoms. The highest BCUT2D eigenvalue weighted by atomic mass is 35.5. The van der Waals surface area contributed by atoms with Crippen LogP contribution in [-0.4, -0.2) is 32.2 Å². The second-order valence-corrected chi connectivity index (χ2v) is 9.10. The Morgan fingerprint density at radius 1 is 1.04 bits per heavy atom. The standard InChI is InChI=1S/C21H21ClN2O3S/c1-15(17-8-5-9-19(22)12-17)23-21(25)14-24(2)28(26,27)20-11-10-16-6-3-4-7-18(16)13-20/h3-13,15H,14H2,1-2H3,(H,23,25)/t15-/m1/s1. The van der Waals surface area contributed by atoms with Crippen LogP contribution in [0, 0.1) is 0 Å². The second-order valence-electron chi connectivity index (χ2n) is 6.61. The predicted octanol–water partition coefficient (Wildman–Crippen LogP) is 3.99. The largest absolute Gasteiger partial charge is 0.348 e. The van der Waals surface area contributed by atoms with Gasteiger partial charge in [-0.25, -0.2) is 8.42 Å². The normalized spacial score (nSPS) is 12.9. The number of nitrogens with zero attached hydrogens (tertiary/aromatic N) is 1. The Morgan fingerprint density at radius 2 is 1.75 bits per heavy atom. The van der Waals surface area contributed by atoms with Crippen molar-refractivity contribution in [3.63, 3.8) is 0 Å². The van der Waals surface area contributed by atoms with Gasteiger partial charge in [0.2, 0.25) is 15.9 Å². The highest BCUT2D eigenvalue weighted by Crippen LogP contribution is 2.21. The van der Waals surface area contributed by atoms with E-state index in [1.807, 2.05) is 37.3 Å². The van der Waals surface area contributed by atoms with Crippen LogP contribution in [-0.2, 0) is 14.8 Å². The molecule has 0 fully saturated rings. The Kier molecular flexibility index (Phi) is 6.03. The lowest BCUT2D eigenvalue weighted by atomic mass is 10.1. The van der Waals surface area contributed by atoms with Crippen molar-refractivity contribution in [2.24, 2.45) is 0 Å². The summed E-state index contributed by atoms with van der Waals surface area (Å²) in [6.07, 6.45) is 0. The van der Waals surface area contributed by atoms with Gasteiger partial charge in [0.05, 0.1) is 17.5 Å². The molecule has 0 saturated heterocycles. The third kappa shape index (κ3) is 4.52. The van der Waals surface area contributed by atoms with Crippen LogP contribution < -0.4 is 5.32 Å². The van der Waals surface area contributed by atoms with Crippen molar-refractivity contribution in [2.75, 3.05) is 13.6 Å². The molecular formula is C21H21ClN2O3S. The van der Waals surface area contributed by atoms with Gasteiger partial charge in [0.15, 0.2) is 0 Å². The molecule has 0 bridgehead atoms. The van der Waals surface area contributed by atoms with Gasteiger partial charge in [-0.2, -0.15) is 4.31 Å². The van der Waals surface area contributed by atoms with Crippen molar-refractivity contribution < 1.29 is 13.2 Å². The van der Waals surface area contributed by atoms with Gasteiger partial charge in [-0.1, -0.05) is 54.1 Å². The van der Waals surface area contributed by atoms with Gasteiger partial charge < -0.3 is 5.32 Å². The third-order valence-corrected chi connectivity index (χ3v) is 6.56. The van der Waals surface area contributed by atoms with E-state index in [1.54, 1.807) is 36.4 Å². The zero-order chi connectivity index (χ0) is 20.3. The first-order valence-electron chi connectivity index (χ1n) is 8.77. The average Bonchev–Trinajstić information content (AvgIpc) is 2.67. The molecule has 3 rings (SSSR count). The topological polar surface area (TPSA) is 66.5 Å². The van der Waals surface area contributed by atoms with E-state index in [4.69, 9.17) is 11.6 Å². The van der Waals surface area contributed by atoms with Crippen molar-refractivity contribution in [1.82, 2.24) is 9.62 Å². The first-order valence-corrected chi connectivity index (χ1v) is 10.6. The number of sulfonamides is 1. The molecule has 0 aliphatic heterocycles. The smallest absolute Gasteiger partial charge is 0.243 e. The van der Waals surface area contributed by atoms with E-state index in [2.05, 4.69) is 5.32 Å². The lowest BCUT2D eigenvalue weighted by Crippen LogP contribution is -2.39. The molecule has 0 heterocycles. The van der Waals surface area contributed by atoms with Gasteiger partial charge in [-0.3, -0.25) is 4.79 Å². The van der Waals surface area contributed by atoms with E-state index in [-0.39, 0.29) is 23.4 Å². The monoisotopic (exact) mass is 416 g/mol. The molecule has 3 aromatic carbocycles. The van der Waals surface area contributed by atoms with Crippen LogP contribution in [0.3, 0.4) is 0 Å². The van der Waals surface area contributed by atoms with Crippen molar-refractivity contribution in [3.05, 3.63) is 77.3 Å². The van der Waals surface area contributed by atoms with E-state index < -0.39 is 10.0 Å². The fraction of sp³-hybridized carbons (Fsp3) is 0.190. The molecule has 0 aromatic heterocycles. The van der Waals surface area contributed by atoms with Crippen LogP contribution in [0.2, 0.25) is 5.02 Å². The van der Waals surface area contributed by atoms with Crippen LogP contribution in [0.4, 0.5) is 0 Å². The first kappa shape index (κ1) is 20.3. The number of benzene rings is 3. The number of hydrogen-bond donors (Lipinski definition) is 1. The fourth-order valence-electron chi connectivity index (χ4n) is 2.94. The fourth-order valence-corrected chi connectivity index (χ4v) is 4.30. The summed E-state index contributed by atoms with van der Waals surface area (Å²) >= 11 is 5.98. The SMILES string of the molecule is C[C@@H](NC(=O)CN(C)S(=O)(=O)c1ccc2ccccc2c1)c1cccc(Cl)c1. The molecule has 1 atom stereocenters. The van der Waals surface area contributed by atoms with E-state index in [9.17, 15) is 13.2 Å². The van der Waals surface area contributed by atoms with E-state index in [0.29, 0.717) is 5.02 Å². The number of nitrogens with one attached hydrogen (secondary N) is 1. The molecule has 3 aromatic rings. The van der Waals surface area contributed by atoms with Gasteiger partial charge in [0.1, 0.15) is 0 Å². The lowest BCUT2D eigenvalue weighted by molar-refractivity contribution is -0.121. The summed E-state index contributed by atoms with van der Waals surface area (Å²) in [5.41, 5.74) is 0.848. The van der Waals surface area contributed by atoms with Gasteiger partial charge in [-0.15, -0.1) is 0 Å². The summed E-state index contributed by atoms with van der Waals surface area (Å²) in [6, 6.07) is 19.3. The van der Waals surface area contributed by atoms with Crippen LogP contribution in [0.1, 0.15) is 18.5 Å². The molecule has 1 N–H and O–H groups in total. The Morgan fingerprint density at radius 3 is 2.46 bits per heavy atom. The molecule has 0 radical (unpaired) electrons. The first-order chi connectivity index (χ1) is 13.3. The second kappa shape index (κ2) is 8.31. The third-order valence-electron chi connectivity index (χ3n) is 4.52. The van der Waals surface area contributed by atoms with Crippen LogP contribution in [0.25, 0.3) is 10.8 Å². The Labute approximate surface area is 170 Å². The minimum Gasteiger partial charge on any atom is -0.348 e. The molecular weight excluding hydrogens is 396 g/mol. The van der Waals surface area contributed by atoms with Gasteiger partial charge in [-0.05, 0) is 47.5 Å². The van der Waals surface area contributed by atoms with Crippen LogP contribution >= 0.6 is 11.6 Å². The molecule has 0 spiro atoms. The molecule has 0 aliphatic rings. The zero-order valence-electron chi connectivity index (χ0n) is 15.6. The van der Waals surface area contributed by atoms with Crippen molar-refractivity contribution in [3.8, 4) is 0 Å². The van der Waals surface area contributed by atoms with Crippen molar-refractivity contribution >= 4 is 38.3 Å². The van der Waals surface area contributed by atoms with Crippen molar-refractivity contribution in [2.45, 2.75) is 17.9 Å². The highest BCUT2D eigenvalue weighted by molar-refractivity contribution is 7.89. The lowest BCUT2D eigenvalue weighted by Gasteiger charge is -2.20. The Hall–Kier alpha value is -2.41. The molecule has 1 amide bonds. The highest BCUT2D eigenvalue weighted by Gasteiger charge is 2.24. The van der Waals surface area contributed by atoms with E-state index in [1.165, 1.54) is 7.05 Å². The molecule has 0 aliphatic carbocycles. The molecule has 0 unspecified atom stereocenters. The van der Waals surface area contributed by atoms with E-state index in [0.717, 1.165) is 20.6 Å². The Bertz CT molecular complexity index is 1120. The molecule has 0 saturated carbocycles. The summed E-state index contributed by atoms with van der Waals surface area (Å²) in [6.45, 7) is 1.54. The maximum Gasteiger partial charge on any atom is 0.243 e. The summed E-state index contributed by atoms with van der Waals surface area (Å²) in [7, 11) is -2.38. The molecule has 28 heavy (non-hydrogen) atoms.